The summed E-state index contributed by atoms with van der Waals surface area (Å²) in [6.45, 7) is 3.63. The highest BCUT2D eigenvalue weighted by Gasteiger charge is 1.98. The van der Waals surface area contributed by atoms with Gasteiger partial charge in [-0.25, -0.2) is 0 Å². The molecular weight excluding hydrogens is 202 g/mol. The zero-order valence-electron chi connectivity index (χ0n) is 10.1. The lowest BCUT2D eigenvalue weighted by atomic mass is 10.2. The summed E-state index contributed by atoms with van der Waals surface area (Å²) in [5.74, 6) is 1.68. The van der Waals surface area contributed by atoms with Crippen molar-refractivity contribution >= 4 is 5.96 Å². The van der Waals surface area contributed by atoms with Crippen LogP contribution in [-0.4, -0.2) is 26.7 Å². The van der Waals surface area contributed by atoms with E-state index in [1.807, 2.05) is 25.1 Å². The van der Waals surface area contributed by atoms with Crippen LogP contribution in [0.15, 0.2) is 29.3 Å². The first-order valence-corrected chi connectivity index (χ1v) is 5.37. The molecule has 4 nitrogen and oxygen atoms in total. The lowest BCUT2D eigenvalue weighted by molar-refractivity contribution is 0.414. The summed E-state index contributed by atoms with van der Waals surface area (Å²) in [7, 11) is 3.43. The zero-order chi connectivity index (χ0) is 11.8. The molecule has 0 aromatic heterocycles. The van der Waals surface area contributed by atoms with Crippen molar-refractivity contribution < 1.29 is 4.74 Å². The van der Waals surface area contributed by atoms with Crippen molar-refractivity contribution in [3.63, 3.8) is 0 Å². The Labute approximate surface area is 96.7 Å². The highest BCUT2D eigenvalue weighted by Crippen LogP contribution is 2.11. The first kappa shape index (κ1) is 12.4. The lowest BCUT2D eigenvalue weighted by Crippen LogP contribution is -2.36. The topological polar surface area (TPSA) is 45.7 Å². The van der Waals surface area contributed by atoms with Crippen LogP contribution >= 0.6 is 0 Å². The number of rotatable bonds is 4. The van der Waals surface area contributed by atoms with Gasteiger partial charge in [-0.05, 0) is 24.6 Å². The molecule has 0 saturated carbocycles. The van der Waals surface area contributed by atoms with Gasteiger partial charge in [0.25, 0.3) is 0 Å². The average Bonchev–Trinajstić information content (AvgIpc) is 2.34. The number of benzene rings is 1. The monoisotopic (exact) mass is 221 g/mol. The van der Waals surface area contributed by atoms with E-state index < -0.39 is 0 Å². The third kappa shape index (κ3) is 3.81. The molecule has 1 rings (SSSR count). The van der Waals surface area contributed by atoms with Gasteiger partial charge in [0.2, 0.25) is 0 Å². The molecule has 0 amide bonds. The number of methoxy groups -OCH3 is 1. The molecule has 0 aliphatic heterocycles. The van der Waals surface area contributed by atoms with Crippen LogP contribution in [0.25, 0.3) is 0 Å². The van der Waals surface area contributed by atoms with Crippen LogP contribution in [0.5, 0.6) is 5.75 Å². The predicted octanol–water partition coefficient (Wildman–Crippen LogP) is 1.38. The van der Waals surface area contributed by atoms with Gasteiger partial charge in [0.05, 0.1) is 7.11 Å². The minimum Gasteiger partial charge on any atom is -0.497 e. The molecule has 0 atom stereocenters. The van der Waals surface area contributed by atoms with Crippen molar-refractivity contribution in [3.05, 3.63) is 29.8 Å². The molecule has 88 valence electrons. The van der Waals surface area contributed by atoms with Gasteiger partial charge in [-0.15, -0.1) is 0 Å². The van der Waals surface area contributed by atoms with Crippen LogP contribution in [0, 0.1) is 0 Å². The summed E-state index contributed by atoms with van der Waals surface area (Å²) >= 11 is 0. The van der Waals surface area contributed by atoms with Crippen LogP contribution in [0.2, 0.25) is 0 Å². The molecule has 0 aliphatic rings. The largest absolute Gasteiger partial charge is 0.497 e. The van der Waals surface area contributed by atoms with Crippen molar-refractivity contribution in [2.75, 3.05) is 20.7 Å². The van der Waals surface area contributed by atoms with Crippen LogP contribution in [0.4, 0.5) is 0 Å². The Hall–Kier alpha value is -1.71. The Morgan fingerprint density at radius 3 is 2.81 bits per heavy atom. The van der Waals surface area contributed by atoms with E-state index in [-0.39, 0.29) is 0 Å². The molecule has 0 unspecified atom stereocenters. The second kappa shape index (κ2) is 6.71. The van der Waals surface area contributed by atoms with E-state index in [9.17, 15) is 0 Å². The van der Waals surface area contributed by atoms with Gasteiger partial charge in [-0.1, -0.05) is 12.1 Å². The van der Waals surface area contributed by atoms with E-state index in [1.54, 1.807) is 14.2 Å². The summed E-state index contributed by atoms with van der Waals surface area (Å²) < 4.78 is 5.16. The van der Waals surface area contributed by atoms with Gasteiger partial charge in [-0.2, -0.15) is 0 Å². The quantitative estimate of drug-likeness (QED) is 0.596. The second-order valence-corrected chi connectivity index (χ2v) is 3.31. The first-order chi connectivity index (χ1) is 7.80. The lowest BCUT2D eigenvalue weighted by Gasteiger charge is -2.10. The number of nitrogens with zero attached hydrogens (tertiary/aromatic N) is 1. The number of ether oxygens (including phenoxy) is 1. The Morgan fingerprint density at radius 1 is 1.38 bits per heavy atom. The van der Waals surface area contributed by atoms with Crippen molar-refractivity contribution in [1.29, 1.82) is 0 Å². The third-order valence-electron chi connectivity index (χ3n) is 2.16. The molecule has 0 fully saturated rings. The van der Waals surface area contributed by atoms with E-state index in [0.717, 1.165) is 24.8 Å². The van der Waals surface area contributed by atoms with Gasteiger partial charge in [0.1, 0.15) is 5.75 Å². The minimum absolute atomic E-state index is 0.733. The Bertz CT molecular complexity index is 350. The Balaban J connectivity index is 2.53. The Kier molecular flexibility index (Phi) is 5.19. The van der Waals surface area contributed by atoms with Crippen molar-refractivity contribution in [2.24, 2.45) is 4.99 Å². The van der Waals surface area contributed by atoms with Crippen LogP contribution < -0.4 is 15.4 Å². The molecule has 0 aliphatic carbocycles. The molecule has 1 aromatic rings. The predicted molar refractivity (Wildman–Crippen MR) is 66.9 cm³/mol. The molecule has 4 heteroatoms. The van der Waals surface area contributed by atoms with Gasteiger partial charge >= 0.3 is 0 Å². The standard InChI is InChI=1S/C12H19N3O/c1-4-14-12(13-2)15-9-10-6-5-7-11(8-10)16-3/h5-8H,4,9H2,1-3H3,(H2,13,14,15). The fourth-order valence-electron chi connectivity index (χ4n) is 1.36. The van der Waals surface area contributed by atoms with Gasteiger partial charge in [-0.3, -0.25) is 4.99 Å². The summed E-state index contributed by atoms with van der Waals surface area (Å²) in [6.07, 6.45) is 0. The fourth-order valence-corrected chi connectivity index (χ4v) is 1.36. The van der Waals surface area contributed by atoms with Gasteiger partial charge in [0, 0.05) is 20.1 Å². The van der Waals surface area contributed by atoms with Crippen LogP contribution in [-0.2, 0) is 6.54 Å². The van der Waals surface area contributed by atoms with Gasteiger partial charge < -0.3 is 15.4 Å². The fraction of sp³-hybridized carbons (Fsp3) is 0.417. The van der Waals surface area contributed by atoms with Crippen molar-refractivity contribution in [3.8, 4) is 5.75 Å². The van der Waals surface area contributed by atoms with E-state index >= 15 is 0 Å². The molecule has 0 saturated heterocycles. The summed E-state index contributed by atoms with van der Waals surface area (Å²) in [5, 5.41) is 6.36. The number of guanidine groups is 1. The van der Waals surface area contributed by atoms with Crippen LogP contribution in [0.3, 0.4) is 0 Å². The highest BCUT2D eigenvalue weighted by atomic mass is 16.5. The van der Waals surface area contributed by atoms with Crippen molar-refractivity contribution in [2.45, 2.75) is 13.5 Å². The third-order valence-corrected chi connectivity index (χ3v) is 2.16. The minimum atomic E-state index is 0.733. The smallest absolute Gasteiger partial charge is 0.191 e. The summed E-state index contributed by atoms with van der Waals surface area (Å²) in [4.78, 5) is 4.10. The molecule has 0 radical (unpaired) electrons. The molecular formula is C12H19N3O. The number of aliphatic imine (C=N–C) groups is 1. The maximum Gasteiger partial charge on any atom is 0.191 e. The van der Waals surface area contributed by atoms with Crippen molar-refractivity contribution in [1.82, 2.24) is 10.6 Å². The SMILES string of the molecule is CCNC(=NC)NCc1cccc(OC)c1. The molecule has 0 bridgehead atoms. The van der Waals surface area contributed by atoms with Gasteiger partial charge in [0.15, 0.2) is 5.96 Å². The molecule has 2 N–H and O–H groups in total. The molecule has 1 aromatic carbocycles. The summed E-state index contributed by atoms with van der Waals surface area (Å²) in [6, 6.07) is 7.97. The zero-order valence-corrected chi connectivity index (χ0v) is 10.1. The normalized spacial score (nSPS) is 11.1. The van der Waals surface area contributed by atoms with Crippen LogP contribution in [0.1, 0.15) is 12.5 Å². The molecule has 0 spiro atoms. The maximum absolute atomic E-state index is 5.16. The molecule has 16 heavy (non-hydrogen) atoms. The average molecular weight is 221 g/mol. The maximum atomic E-state index is 5.16. The van der Waals surface area contributed by atoms with E-state index in [0.29, 0.717) is 0 Å². The van der Waals surface area contributed by atoms with E-state index in [4.69, 9.17) is 4.74 Å². The van der Waals surface area contributed by atoms with E-state index in [1.165, 1.54) is 5.56 Å². The number of nitrogens with one attached hydrogen (secondary N) is 2. The second-order valence-electron chi connectivity index (χ2n) is 3.31. The molecule has 0 heterocycles. The number of hydrogen-bond acceptors (Lipinski definition) is 2. The highest BCUT2D eigenvalue weighted by molar-refractivity contribution is 5.79. The number of hydrogen-bond donors (Lipinski definition) is 2. The Morgan fingerprint density at radius 2 is 2.19 bits per heavy atom. The summed E-state index contributed by atoms with van der Waals surface area (Å²) in [5.41, 5.74) is 1.17. The van der Waals surface area contributed by atoms with E-state index in [2.05, 4.69) is 21.7 Å². The first-order valence-electron chi connectivity index (χ1n) is 5.37.